The van der Waals surface area contributed by atoms with E-state index < -0.39 is 6.04 Å². The van der Waals surface area contributed by atoms with E-state index in [1.807, 2.05) is 30.5 Å². The summed E-state index contributed by atoms with van der Waals surface area (Å²) >= 11 is 1.62. The third-order valence-corrected chi connectivity index (χ3v) is 4.63. The third-order valence-electron chi connectivity index (χ3n) is 3.99. The van der Waals surface area contributed by atoms with Crippen LogP contribution in [0, 0.1) is 11.3 Å². The average Bonchev–Trinajstić information content (AvgIpc) is 2.70. The number of carbonyl (C=O) groups excluding carboxylic acids is 2. The van der Waals surface area contributed by atoms with Gasteiger partial charge in [0.25, 0.3) is 5.91 Å². The second-order valence-corrected chi connectivity index (χ2v) is 6.61. The number of rotatable bonds is 7. The Kier molecular flexibility index (Phi) is 7.24. The molecule has 2 N–H and O–H groups in total. The number of amides is 2. The normalized spacial score (nSPS) is 11.3. The maximum Gasteiger partial charge on any atom is 0.252 e. The lowest BCUT2D eigenvalue weighted by atomic mass is 9.95. The zero-order valence-electron chi connectivity index (χ0n) is 14.8. The number of hydrogen-bond acceptors (Lipinski definition) is 4. The Labute approximate surface area is 157 Å². The minimum Gasteiger partial charge on any atom is -0.357 e. The summed E-state index contributed by atoms with van der Waals surface area (Å²) < 4.78 is 0. The van der Waals surface area contributed by atoms with Crippen molar-refractivity contribution < 1.29 is 9.59 Å². The van der Waals surface area contributed by atoms with E-state index in [2.05, 4.69) is 16.7 Å². The molecule has 0 fully saturated rings. The molecule has 0 aliphatic rings. The molecule has 2 aromatic carbocycles. The van der Waals surface area contributed by atoms with Gasteiger partial charge in [-0.2, -0.15) is 17.0 Å². The van der Waals surface area contributed by atoms with Crippen molar-refractivity contribution in [2.45, 2.75) is 12.5 Å². The van der Waals surface area contributed by atoms with Gasteiger partial charge < -0.3 is 10.6 Å². The number of carbonyl (C=O) groups is 2. The van der Waals surface area contributed by atoms with Crippen molar-refractivity contribution >= 4 is 23.6 Å². The highest BCUT2D eigenvalue weighted by molar-refractivity contribution is 7.98. The summed E-state index contributed by atoms with van der Waals surface area (Å²) in [5.74, 6) is 0.211. The van der Waals surface area contributed by atoms with Crippen molar-refractivity contribution in [1.29, 1.82) is 5.26 Å². The molecule has 5 nitrogen and oxygen atoms in total. The van der Waals surface area contributed by atoms with E-state index in [9.17, 15) is 14.9 Å². The molecule has 134 valence electrons. The lowest BCUT2D eigenvalue weighted by Crippen LogP contribution is -2.46. The highest BCUT2D eigenvalue weighted by Gasteiger charge is 2.22. The molecule has 0 heterocycles. The van der Waals surface area contributed by atoms with Gasteiger partial charge in [0.2, 0.25) is 5.91 Å². The number of nitrogens with one attached hydrogen (secondary N) is 2. The van der Waals surface area contributed by atoms with Crippen LogP contribution in [0.5, 0.6) is 0 Å². The molecular formula is C20H21N3O2S. The van der Waals surface area contributed by atoms with Crippen LogP contribution in [-0.4, -0.2) is 36.9 Å². The second-order valence-electron chi connectivity index (χ2n) is 5.62. The summed E-state index contributed by atoms with van der Waals surface area (Å²) in [6.45, 7) is 0. The predicted molar refractivity (Wildman–Crippen MR) is 105 cm³/mol. The van der Waals surface area contributed by atoms with Gasteiger partial charge in [-0.05, 0) is 36.1 Å². The summed E-state index contributed by atoms with van der Waals surface area (Å²) in [6.07, 6.45) is 2.50. The first-order valence-electron chi connectivity index (χ1n) is 8.22. The fraction of sp³-hybridized carbons (Fsp3) is 0.250. The van der Waals surface area contributed by atoms with Crippen LogP contribution in [0.15, 0.2) is 48.5 Å². The minimum absolute atomic E-state index is 0.220. The molecule has 0 aliphatic heterocycles. The van der Waals surface area contributed by atoms with Crippen molar-refractivity contribution in [3.63, 3.8) is 0 Å². The van der Waals surface area contributed by atoms with Gasteiger partial charge in [0.1, 0.15) is 6.04 Å². The smallest absolute Gasteiger partial charge is 0.252 e. The van der Waals surface area contributed by atoms with Crippen molar-refractivity contribution in [2.75, 3.05) is 19.1 Å². The molecular weight excluding hydrogens is 346 g/mol. The van der Waals surface area contributed by atoms with Crippen molar-refractivity contribution in [2.24, 2.45) is 0 Å². The first kappa shape index (κ1) is 19.5. The van der Waals surface area contributed by atoms with Gasteiger partial charge in [-0.25, -0.2) is 0 Å². The van der Waals surface area contributed by atoms with Gasteiger partial charge in [-0.1, -0.05) is 36.4 Å². The third kappa shape index (κ3) is 4.64. The number of nitriles is 1. The van der Waals surface area contributed by atoms with Gasteiger partial charge in [-0.15, -0.1) is 0 Å². The average molecular weight is 367 g/mol. The quantitative estimate of drug-likeness (QED) is 0.788. The molecule has 0 radical (unpaired) electrons. The van der Waals surface area contributed by atoms with Gasteiger partial charge in [0, 0.05) is 18.2 Å². The summed E-state index contributed by atoms with van der Waals surface area (Å²) in [5.41, 5.74) is 2.30. The Morgan fingerprint density at radius 1 is 1.12 bits per heavy atom. The number of nitrogens with zero attached hydrogens (tertiary/aromatic N) is 1. The number of thioether (sulfide) groups is 1. The number of benzene rings is 2. The van der Waals surface area contributed by atoms with Crippen LogP contribution in [-0.2, 0) is 4.79 Å². The van der Waals surface area contributed by atoms with Crippen LogP contribution in [0.3, 0.4) is 0 Å². The van der Waals surface area contributed by atoms with Crippen molar-refractivity contribution in [1.82, 2.24) is 10.6 Å². The minimum atomic E-state index is -0.598. The number of likely N-dealkylation sites (N-methyl/N-ethyl adjacent to an activating group) is 1. The highest BCUT2D eigenvalue weighted by atomic mass is 32.2. The lowest BCUT2D eigenvalue weighted by Gasteiger charge is -2.18. The zero-order valence-corrected chi connectivity index (χ0v) is 15.6. The maximum atomic E-state index is 12.9. The molecule has 26 heavy (non-hydrogen) atoms. The fourth-order valence-electron chi connectivity index (χ4n) is 2.65. The molecule has 1 atom stereocenters. The molecule has 0 aromatic heterocycles. The zero-order chi connectivity index (χ0) is 18.9. The fourth-order valence-corrected chi connectivity index (χ4v) is 3.12. The van der Waals surface area contributed by atoms with E-state index in [1.54, 1.807) is 43.1 Å². The first-order valence-corrected chi connectivity index (χ1v) is 9.61. The largest absolute Gasteiger partial charge is 0.357 e. The van der Waals surface area contributed by atoms with Gasteiger partial charge in [-0.3, -0.25) is 9.59 Å². The summed E-state index contributed by atoms with van der Waals surface area (Å²) in [4.78, 5) is 24.9. The van der Waals surface area contributed by atoms with E-state index in [0.29, 0.717) is 28.7 Å². The topological polar surface area (TPSA) is 82.0 Å². The molecule has 0 unspecified atom stereocenters. The Morgan fingerprint density at radius 2 is 1.77 bits per heavy atom. The molecule has 2 aromatic rings. The van der Waals surface area contributed by atoms with Crippen LogP contribution in [0.4, 0.5) is 0 Å². The van der Waals surface area contributed by atoms with Crippen LogP contribution in [0.2, 0.25) is 0 Å². The number of hydrogen-bond donors (Lipinski definition) is 2. The van der Waals surface area contributed by atoms with E-state index >= 15 is 0 Å². The Morgan fingerprint density at radius 3 is 2.42 bits per heavy atom. The van der Waals surface area contributed by atoms with Gasteiger partial charge in [0.15, 0.2) is 0 Å². The highest BCUT2D eigenvalue weighted by Crippen LogP contribution is 2.27. The van der Waals surface area contributed by atoms with E-state index in [1.165, 1.54) is 0 Å². The molecule has 0 aliphatic carbocycles. The van der Waals surface area contributed by atoms with Crippen molar-refractivity contribution in [3.8, 4) is 17.2 Å². The molecule has 2 amide bonds. The van der Waals surface area contributed by atoms with Gasteiger partial charge >= 0.3 is 0 Å². The maximum absolute atomic E-state index is 12.9. The summed E-state index contributed by atoms with van der Waals surface area (Å²) in [7, 11) is 1.55. The molecule has 0 saturated heterocycles. The Bertz CT molecular complexity index is 830. The predicted octanol–water partition coefficient (Wildman–Crippen LogP) is 2.82. The SMILES string of the molecule is CNC(=O)[C@H](CCSC)NC(=O)c1ccccc1-c1ccccc1C#N. The van der Waals surface area contributed by atoms with Crippen molar-refractivity contribution in [3.05, 3.63) is 59.7 Å². The standard InChI is InChI=1S/C20H21N3O2S/c1-22-20(25)18(11-12-26-2)23-19(24)17-10-6-5-9-16(17)15-8-4-3-7-14(15)13-21/h3-10,18H,11-12H2,1-2H3,(H,22,25)(H,23,24)/t18-/m0/s1. The van der Waals surface area contributed by atoms with Crippen LogP contribution in [0.25, 0.3) is 11.1 Å². The van der Waals surface area contributed by atoms with Gasteiger partial charge in [0.05, 0.1) is 11.6 Å². The van der Waals surface area contributed by atoms with E-state index in [4.69, 9.17) is 0 Å². The molecule has 6 heteroatoms. The molecule has 2 rings (SSSR count). The van der Waals surface area contributed by atoms with Crippen LogP contribution in [0.1, 0.15) is 22.3 Å². The van der Waals surface area contributed by atoms with E-state index in [0.717, 1.165) is 5.75 Å². The molecule has 0 spiro atoms. The van der Waals surface area contributed by atoms with Crippen LogP contribution >= 0.6 is 11.8 Å². The summed E-state index contributed by atoms with van der Waals surface area (Å²) in [6, 6.07) is 15.8. The lowest BCUT2D eigenvalue weighted by molar-refractivity contribution is -0.122. The first-order chi connectivity index (χ1) is 12.6. The second kappa shape index (κ2) is 9.64. The van der Waals surface area contributed by atoms with E-state index in [-0.39, 0.29) is 11.8 Å². The Balaban J connectivity index is 2.35. The molecule has 0 saturated carbocycles. The monoisotopic (exact) mass is 367 g/mol. The Hall–Kier alpha value is -2.78. The van der Waals surface area contributed by atoms with Crippen LogP contribution < -0.4 is 10.6 Å². The summed E-state index contributed by atoms with van der Waals surface area (Å²) in [5, 5.41) is 14.8. The molecule has 0 bridgehead atoms.